The van der Waals surface area contributed by atoms with Crippen molar-refractivity contribution in [2.45, 2.75) is 92.7 Å². The van der Waals surface area contributed by atoms with Crippen molar-refractivity contribution in [2.75, 3.05) is 20.2 Å². The lowest BCUT2D eigenvalue weighted by Crippen LogP contribution is -2.41. The van der Waals surface area contributed by atoms with Crippen LogP contribution in [0.3, 0.4) is 0 Å². The highest BCUT2D eigenvalue weighted by atomic mass is 16.5. The Labute approximate surface area is 161 Å². The number of Topliss-reactive ketones (excluding diaryl/α,β-unsaturated/α-hetero) is 1. The SMILES string of the molecule is CNC(CCCCNC(=O)C(C)(C)CCOC(C)(C)C)C(=O)C(C)(C)C. The van der Waals surface area contributed by atoms with Crippen LogP contribution < -0.4 is 10.6 Å². The predicted octanol–water partition coefficient (Wildman–Crippen LogP) is 3.71. The van der Waals surface area contributed by atoms with Crippen LogP contribution in [-0.2, 0) is 14.3 Å². The highest BCUT2D eigenvalue weighted by Crippen LogP contribution is 2.22. The zero-order valence-electron chi connectivity index (χ0n) is 18.5. The average Bonchev–Trinajstić information content (AvgIpc) is 2.47. The summed E-state index contributed by atoms with van der Waals surface area (Å²) in [5, 5.41) is 6.14. The van der Waals surface area contributed by atoms with Crippen LogP contribution in [0.15, 0.2) is 0 Å². The van der Waals surface area contributed by atoms with Crippen LogP contribution >= 0.6 is 0 Å². The zero-order chi connectivity index (χ0) is 20.6. The number of amides is 1. The molecule has 1 amide bonds. The number of rotatable bonds is 11. The fraction of sp³-hybridized carbons (Fsp3) is 0.905. The van der Waals surface area contributed by atoms with E-state index in [4.69, 9.17) is 4.74 Å². The minimum atomic E-state index is -0.443. The van der Waals surface area contributed by atoms with E-state index >= 15 is 0 Å². The normalized spacial score (nSPS) is 14.2. The summed E-state index contributed by atoms with van der Waals surface area (Å²) in [7, 11) is 1.83. The van der Waals surface area contributed by atoms with Gasteiger partial charge in [-0.25, -0.2) is 0 Å². The van der Waals surface area contributed by atoms with Gasteiger partial charge in [-0.3, -0.25) is 9.59 Å². The third-order valence-electron chi connectivity index (χ3n) is 4.49. The van der Waals surface area contributed by atoms with E-state index in [0.717, 1.165) is 19.3 Å². The second-order valence-electron chi connectivity index (χ2n) is 9.80. The number of ether oxygens (including phenoxy) is 1. The molecule has 1 unspecified atom stereocenters. The van der Waals surface area contributed by atoms with Gasteiger partial charge >= 0.3 is 0 Å². The summed E-state index contributed by atoms with van der Waals surface area (Å²) < 4.78 is 5.73. The standard InChI is InChI=1S/C21H42N2O3/c1-19(2,3)17(24)16(22-9)12-10-11-14-23-18(25)21(7,8)13-15-26-20(4,5)6/h16,22H,10-15H2,1-9H3,(H,23,25). The van der Waals surface area contributed by atoms with E-state index in [1.54, 1.807) is 0 Å². The molecule has 1 atom stereocenters. The van der Waals surface area contributed by atoms with E-state index in [0.29, 0.717) is 19.6 Å². The summed E-state index contributed by atoms with van der Waals surface area (Å²) in [5.41, 5.74) is -0.955. The van der Waals surface area contributed by atoms with E-state index in [1.165, 1.54) is 0 Å². The van der Waals surface area contributed by atoms with Crippen molar-refractivity contribution in [3.63, 3.8) is 0 Å². The first kappa shape index (κ1) is 25.1. The summed E-state index contributed by atoms with van der Waals surface area (Å²) in [5.74, 6) is 0.301. The molecule has 5 heteroatoms. The smallest absolute Gasteiger partial charge is 0.225 e. The number of carbonyl (C=O) groups is 2. The second kappa shape index (κ2) is 10.4. The van der Waals surface area contributed by atoms with Gasteiger partial charge < -0.3 is 15.4 Å². The molecule has 0 aliphatic heterocycles. The van der Waals surface area contributed by atoms with Crippen LogP contribution in [0.2, 0.25) is 0 Å². The maximum absolute atomic E-state index is 12.4. The molecule has 0 aliphatic rings. The first-order chi connectivity index (χ1) is 11.7. The Morgan fingerprint density at radius 1 is 0.962 bits per heavy atom. The summed E-state index contributed by atoms with van der Waals surface area (Å²) in [6, 6.07) is -0.114. The molecular weight excluding hydrogens is 328 g/mol. The first-order valence-electron chi connectivity index (χ1n) is 9.84. The predicted molar refractivity (Wildman–Crippen MR) is 108 cm³/mol. The largest absolute Gasteiger partial charge is 0.376 e. The topological polar surface area (TPSA) is 67.4 Å². The van der Waals surface area contributed by atoms with Gasteiger partial charge in [0.15, 0.2) is 5.78 Å². The molecule has 0 aliphatic carbocycles. The second-order valence-corrected chi connectivity index (χ2v) is 9.80. The molecule has 0 rings (SSSR count). The summed E-state index contributed by atoms with van der Waals surface area (Å²) >= 11 is 0. The van der Waals surface area contributed by atoms with Crippen LogP contribution in [0.1, 0.15) is 81.1 Å². The van der Waals surface area contributed by atoms with E-state index in [-0.39, 0.29) is 28.7 Å². The fourth-order valence-electron chi connectivity index (χ4n) is 2.57. The third kappa shape index (κ3) is 10.3. The van der Waals surface area contributed by atoms with Crippen molar-refractivity contribution < 1.29 is 14.3 Å². The van der Waals surface area contributed by atoms with E-state index in [1.807, 2.05) is 62.4 Å². The van der Waals surface area contributed by atoms with Crippen LogP contribution in [-0.4, -0.2) is 43.5 Å². The van der Waals surface area contributed by atoms with Crippen molar-refractivity contribution >= 4 is 11.7 Å². The Morgan fingerprint density at radius 2 is 1.54 bits per heavy atom. The Morgan fingerprint density at radius 3 is 2.00 bits per heavy atom. The number of hydrogen-bond donors (Lipinski definition) is 2. The van der Waals surface area contributed by atoms with Gasteiger partial charge in [0.05, 0.1) is 11.6 Å². The summed E-state index contributed by atoms with van der Waals surface area (Å²) in [4.78, 5) is 24.7. The molecule has 26 heavy (non-hydrogen) atoms. The minimum absolute atomic E-state index is 0.0611. The van der Waals surface area contributed by atoms with Gasteiger partial charge in [0.2, 0.25) is 5.91 Å². The maximum Gasteiger partial charge on any atom is 0.225 e. The first-order valence-corrected chi connectivity index (χ1v) is 9.84. The summed E-state index contributed by atoms with van der Waals surface area (Å²) in [6.07, 6.45) is 3.26. The van der Waals surface area contributed by atoms with Crippen molar-refractivity contribution in [1.29, 1.82) is 0 Å². The van der Waals surface area contributed by atoms with Crippen molar-refractivity contribution in [2.24, 2.45) is 10.8 Å². The van der Waals surface area contributed by atoms with Gasteiger partial charge in [-0.05, 0) is 53.5 Å². The Kier molecular flexibility index (Phi) is 10.0. The van der Waals surface area contributed by atoms with E-state index in [2.05, 4.69) is 10.6 Å². The third-order valence-corrected chi connectivity index (χ3v) is 4.49. The van der Waals surface area contributed by atoms with Gasteiger partial charge in [-0.15, -0.1) is 0 Å². The van der Waals surface area contributed by atoms with Crippen molar-refractivity contribution in [3.05, 3.63) is 0 Å². The molecule has 0 saturated heterocycles. The minimum Gasteiger partial charge on any atom is -0.376 e. The lowest BCUT2D eigenvalue weighted by molar-refractivity contribution is -0.131. The molecule has 0 saturated carbocycles. The number of likely N-dealkylation sites (N-methyl/N-ethyl adjacent to an activating group) is 1. The molecule has 0 aromatic carbocycles. The molecular formula is C21H42N2O3. The molecule has 2 N–H and O–H groups in total. The van der Waals surface area contributed by atoms with Crippen LogP contribution in [0, 0.1) is 10.8 Å². The van der Waals surface area contributed by atoms with Gasteiger partial charge in [0.1, 0.15) is 0 Å². The van der Waals surface area contributed by atoms with E-state index in [9.17, 15) is 9.59 Å². The zero-order valence-corrected chi connectivity index (χ0v) is 18.5. The quantitative estimate of drug-likeness (QED) is 0.544. The molecule has 0 fully saturated rings. The van der Waals surface area contributed by atoms with Crippen LogP contribution in [0.25, 0.3) is 0 Å². The lowest BCUT2D eigenvalue weighted by Gasteiger charge is -2.26. The molecule has 0 bridgehead atoms. The molecule has 154 valence electrons. The highest BCUT2D eigenvalue weighted by molar-refractivity contribution is 5.88. The molecule has 0 aromatic heterocycles. The molecule has 0 spiro atoms. The lowest BCUT2D eigenvalue weighted by atomic mass is 9.85. The highest BCUT2D eigenvalue weighted by Gasteiger charge is 2.29. The Balaban J connectivity index is 4.15. The summed E-state index contributed by atoms with van der Waals surface area (Å²) in [6.45, 7) is 17.0. The molecule has 0 aromatic rings. The van der Waals surface area contributed by atoms with Gasteiger partial charge in [0, 0.05) is 24.0 Å². The molecule has 0 radical (unpaired) electrons. The van der Waals surface area contributed by atoms with Gasteiger partial charge in [-0.1, -0.05) is 34.6 Å². The van der Waals surface area contributed by atoms with Crippen LogP contribution in [0.5, 0.6) is 0 Å². The number of unbranched alkanes of at least 4 members (excludes halogenated alkanes) is 1. The van der Waals surface area contributed by atoms with E-state index < -0.39 is 5.41 Å². The fourth-order valence-corrected chi connectivity index (χ4v) is 2.57. The van der Waals surface area contributed by atoms with Gasteiger partial charge in [-0.2, -0.15) is 0 Å². The van der Waals surface area contributed by atoms with Crippen LogP contribution in [0.4, 0.5) is 0 Å². The Bertz CT molecular complexity index is 445. The molecule has 5 nitrogen and oxygen atoms in total. The van der Waals surface area contributed by atoms with Crippen molar-refractivity contribution in [3.8, 4) is 0 Å². The Hall–Kier alpha value is -0.940. The number of nitrogens with one attached hydrogen (secondary N) is 2. The monoisotopic (exact) mass is 370 g/mol. The van der Waals surface area contributed by atoms with Gasteiger partial charge in [0.25, 0.3) is 0 Å². The molecule has 0 heterocycles. The number of carbonyl (C=O) groups excluding carboxylic acids is 2. The number of hydrogen-bond acceptors (Lipinski definition) is 4. The average molecular weight is 371 g/mol. The number of ketones is 1. The van der Waals surface area contributed by atoms with Crippen molar-refractivity contribution in [1.82, 2.24) is 10.6 Å². The maximum atomic E-state index is 12.4.